The van der Waals surface area contributed by atoms with E-state index in [0.717, 1.165) is 16.0 Å². The number of anilines is 1. The van der Waals surface area contributed by atoms with Gasteiger partial charge < -0.3 is 20.1 Å². The van der Waals surface area contributed by atoms with Crippen LogP contribution in [0.2, 0.25) is 0 Å². The van der Waals surface area contributed by atoms with E-state index in [9.17, 15) is 14.4 Å². The second-order valence-corrected chi connectivity index (χ2v) is 10.0. The molecule has 0 heterocycles. The number of amides is 2. The molecule has 7 nitrogen and oxygen atoms in total. The summed E-state index contributed by atoms with van der Waals surface area (Å²) in [7, 11) is 3.06. The highest BCUT2D eigenvalue weighted by molar-refractivity contribution is 8.00. The number of aryl methyl sites for hydroxylation is 1. The van der Waals surface area contributed by atoms with Crippen molar-refractivity contribution in [1.29, 1.82) is 0 Å². The van der Waals surface area contributed by atoms with Crippen molar-refractivity contribution in [1.82, 2.24) is 5.32 Å². The number of ketones is 1. The summed E-state index contributed by atoms with van der Waals surface area (Å²) in [6, 6.07) is 28.6. The molecule has 208 valence electrons. The van der Waals surface area contributed by atoms with Crippen LogP contribution in [-0.4, -0.2) is 37.6 Å². The predicted molar refractivity (Wildman–Crippen MR) is 163 cm³/mol. The van der Waals surface area contributed by atoms with Gasteiger partial charge in [-0.2, -0.15) is 0 Å². The minimum Gasteiger partial charge on any atom is -0.493 e. The van der Waals surface area contributed by atoms with Crippen LogP contribution in [0.1, 0.15) is 31.8 Å². The summed E-state index contributed by atoms with van der Waals surface area (Å²) in [4.78, 5) is 39.9. The minimum atomic E-state index is -0.471. The van der Waals surface area contributed by atoms with Crippen molar-refractivity contribution in [3.8, 4) is 11.5 Å². The summed E-state index contributed by atoms with van der Waals surface area (Å²) in [5, 5.41) is 5.64. The molecule has 0 aromatic heterocycles. The summed E-state index contributed by atoms with van der Waals surface area (Å²) in [6.45, 7) is 1.93. The molecular formula is C33H30N2O5S. The van der Waals surface area contributed by atoms with Gasteiger partial charge in [0, 0.05) is 21.7 Å². The van der Waals surface area contributed by atoms with E-state index in [1.165, 1.54) is 18.9 Å². The number of hydrogen-bond donors (Lipinski definition) is 2. The molecule has 0 radical (unpaired) electrons. The normalized spacial score (nSPS) is 11.0. The van der Waals surface area contributed by atoms with E-state index < -0.39 is 11.8 Å². The monoisotopic (exact) mass is 566 g/mol. The van der Waals surface area contributed by atoms with Crippen LogP contribution in [0.5, 0.6) is 11.5 Å². The van der Waals surface area contributed by atoms with Gasteiger partial charge in [-0.3, -0.25) is 14.4 Å². The van der Waals surface area contributed by atoms with E-state index in [-0.39, 0.29) is 17.2 Å². The van der Waals surface area contributed by atoms with Gasteiger partial charge in [0.2, 0.25) is 0 Å². The molecule has 4 aromatic rings. The van der Waals surface area contributed by atoms with Crippen molar-refractivity contribution in [3.63, 3.8) is 0 Å². The standard InChI is InChI=1S/C33H30N2O5S/c1-22-10-7-8-13-24(22)18-28(35-32(37)23-11-5-4-6-12-23)33(38)34-26-14-9-15-27(20-26)41-21-29(36)25-16-17-30(39-2)31(19-25)40-3/h4-20H,21H2,1-3H3,(H,34,38)(H,35,37)/b28-18-. The molecule has 0 unspecified atom stereocenters. The topological polar surface area (TPSA) is 93.7 Å². The van der Waals surface area contributed by atoms with E-state index >= 15 is 0 Å². The first-order chi connectivity index (χ1) is 19.9. The van der Waals surface area contributed by atoms with Crippen molar-refractivity contribution in [2.24, 2.45) is 0 Å². The number of hydrogen-bond acceptors (Lipinski definition) is 6. The number of carbonyl (C=O) groups is 3. The molecule has 0 aliphatic rings. The Balaban J connectivity index is 1.48. The molecule has 4 rings (SSSR count). The van der Waals surface area contributed by atoms with Crippen LogP contribution in [0.15, 0.2) is 108 Å². The third-order valence-electron chi connectivity index (χ3n) is 6.18. The fourth-order valence-electron chi connectivity index (χ4n) is 3.95. The van der Waals surface area contributed by atoms with Crippen LogP contribution in [0.25, 0.3) is 6.08 Å². The molecule has 0 saturated heterocycles. The Kier molecular flexibility index (Phi) is 9.96. The highest BCUT2D eigenvalue weighted by atomic mass is 32.2. The average Bonchev–Trinajstić information content (AvgIpc) is 3.00. The number of Topliss-reactive ketones (excluding diaryl/α,β-unsaturated/α-hetero) is 1. The largest absolute Gasteiger partial charge is 0.493 e. The maximum absolute atomic E-state index is 13.4. The quantitative estimate of drug-likeness (QED) is 0.124. The molecule has 2 N–H and O–H groups in total. The van der Waals surface area contributed by atoms with Crippen LogP contribution in [0.3, 0.4) is 0 Å². The Labute approximate surface area is 243 Å². The first-order valence-electron chi connectivity index (χ1n) is 12.8. The molecule has 2 amide bonds. The Bertz CT molecular complexity index is 1580. The van der Waals surface area contributed by atoms with Gasteiger partial charge in [0.15, 0.2) is 17.3 Å². The summed E-state index contributed by atoms with van der Waals surface area (Å²) >= 11 is 1.35. The van der Waals surface area contributed by atoms with Crippen LogP contribution < -0.4 is 20.1 Å². The predicted octanol–water partition coefficient (Wildman–Crippen LogP) is 6.40. The molecule has 0 aliphatic carbocycles. The lowest BCUT2D eigenvalue weighted by Crippen LogP contribution is -2.30. The zero-order valence-electron chi connectivity index (χ0n) is 23.0. The molecular weight excluding hydrogens is 536 g/mol. The third-order valence-corrected chi connectivity index (χ3v) is 7.18. The fourth-order valence-corrected chi connectivity index (χ4v) is 4.80. The van der Waals surface area contributed by atoms with Gasteiger partial charge in [-0.1, -0.05) is 48.5 Å². The number of benzene rings is 4. The highest BCUT2D eigenvalue weighted by Crippen LogP contribution is 2.29. The fraction of sp³-hybridized carbons (Fsp3) is 0.121. The highest BCUT2D eigenvalue weighted by Gasteiger charge is 2.16. The number of methoxy groups -OCH3 is 2. The van der Waals surface area contributed by atoms with Gasteiger partial charge in [0.25, 0.3) is 11.8 Å². The summed E-state index contributed by atoms with van der Waals surface area (Å²) in [5.41, 5.74) is 3.36. The van der Waals surface area contributed by atoms with Crippen molar-refractivity contribution >= 4 is 41.1 Å². The van der Waals surface area contributed by atoms with Gasteiger partial charge in [0.1, 0.15) is 5.70 Å². The van der Waals surface area contributed by atoms with Gasteiger partial charge in [-0.25, -0.2) is 0 Å². The number of carbonyl (C=O) groups excluding carboxylic acids is 3. The average molecular weight is 567 g/mol. The second kappa shape index (κ2) is 14.0. The van der Waals surface area contributed by atoms with Crippen molar-refractivity contribution in [2.45, 2.75) is 11.8 Å². The molecule has 4 aromatic carbocycles. The Hall–Kier alpha value is -4.82. The number of nitrogens with one attached hydrogen (secondary N) is 2. The van der Waals surface area contributed by atoms with E-state index in [2.05, 4.69) is 10.6 Å². The Morgan fingerprint density at radius 3 is 2.24 bits per heavy atom. The van der Waals surface area contributed by atoms with Crippen LogP contribution in [-0.2, 0) is 4.79 Å². The van der Waals surface area contributed by atoms with Gasteiger partial charge >= 0.3 is 0 Å². The third kappa shape index (κ3) is 7.86. The summed E-state index contributed by atoms with van der Waals surface area (Å²) in [6.07, 6.45) is 1.66. The maximum atomic E-state index is 13.4. The molecule has 0 saturated carbocycles. The van der Waals surface area contributed by atoms with E-state index in [1.807, 2.05) is 43.3 Å². The summed E-state index contributed by atoms with van der Waals surface area (Å²) in [5.74, 6) is 0.299. The molecule has 0 bridgehead atoms. The molecule has 0 atom stereocenters. The number of rotatable bonds is 11. The van der Waals surface area contributed by atoms with Gasteiger partial charge in [0.05, 0.1) is 20.0 Å². The van der Waals surface area contributed by atoms with Gasteiger partial charge in [-0.05, 0) is 72.7 Å². The van der Waals surface area contributed by atoms with Gasteiger partial charge in [-0.15, -0.1) is 11.8 Å². The summed E-state index contributed by atoms with van der Waals surface area (Å²) < 4.78 is 10.5. The lowest BCUT2D eigenvalue weighted by atomic mass is 10.1. The molecule has 0 aliphatic heterocycles. The maximum Gasteiger partial charge on any atom is 0.272 e. The zero-order chi connectivity index (χ0) is 29.2. The SMILES string of the molecule is COc1ccc(C(=O)CSc2cccc(NC(=O)/C(=C/c3ccccc3C)NC(=O)c3ccccc3)c2)cc1OC. The van der Waals surface area contributed by atoms with E-state index in [1.54, 1.807) is 73.8 Å². The first-order valence-corrected chi connectivity index (χ1v) is 13.8. The van der Waals surface area contributed by atoms with Crippen molar-refractivity contribution in [2.75, 3.05) is 25.3 Å². The van der Waals surface area contributed by atoms with E-state index in [0.29, 0.717) is 28.3 Å². The Morgan fingerprint density at radius 2 is 1.51 bits per heavy atom. The van der Waals surface area contributed by atoms with E-state index in [4.69, 9.17) is 9.47 Å². The lowest BCUT2D eigenvalue weighted by molar-refractivity contribution is -0.113. The smallest absolute Gasteiger partial charge is 0.272 e. The van der Waals surface area contributed by atoms with Crippen LogP contribution >= 0.6 is 11.8 Å². The van der Waals surface area contributed by atoms with Crippen molar-refractivity contribution in [3.05, 3.63) is 125 Å². The van der Waals surface area contributed by atoms with Crippen LogP contribution in [0, 0.1) is 6.92 Å². The lowest BCUT2D eigenvalue weighted by Gasteiger charge is -2.13. The second-order valence-electron chi connectivity index (χ2n) is 9.00. The van der Waals surface area contributed by atoms with Crippen LogP contribution in [0.4, 0.5) is 5.69 Å². The molecule has 0 spiro atoms. The number of ether oxygens (including phenoxy) is 2. The zero-order valence-corrected chi connectivity index (χ0v) is 23.8. The van der Waals surface area contributed by atoms with Crippen molar-refractivity contribution < 1.29 is 23.9 Å². The minimum absolute atomic E-state index is 0.0718. The molecule has 8 heteroatoms. The first kappa shape index (κ1) is 29.2. The number of thioether (sulfide) groups is 1. The molecule has 0 fully saturated rings. The Morgan fingerprint density at radius 1 is 0.780 bits per heavy atom. The molecule has 41 heavy (non-hydrogen) atoms.